The lowest BCUT2D eigenvalue weighted by Gasteiger charge is -2.35. The van der Waals surface area contributed by atoms with Crippen molar-refractivity contribution >= 4 is 30.5 Å². The predicted molar refractivity (Wildman–Crippen MR) is 148 cm³/mol. The molecule has 1 N–H and O–H groups in total. The molecular formula is C28H32FN4O7P. The van der Waals surface area contributed by atoms with Crippen LogP contribution in [0.2, 0.25) is 0 Å². The fraction of sp³-hybridized carbons (Fsp3) is 0.393. The number of rotatable bonds is 9. The summed E-state index contributed by atoms with van der Waals surface area (Å²) < 4.78 is 43.0. The lowest BCUT2D eigenvalue weighted by molar-refractivity contribution is 0.0764. The zero-order chi connectivity index (χ0) is 29.1. The summed E-state index contributed by atoms with van der Waals surface area (Å²) in [5.74, 6) is -0.926. The summed E-state index contributed by atoms with van der Waals surface area (Å²) in [5.41, 5.74) is 1.29. The van der Waals surface area contributed by atoms with Crippen LogP contribution >= 0.6 is 7.60 Å². The second-order valence-corrected chi connectivity index (χ2v) is 11.8. The number of hydrogen-bond acceptors (Lipinski definition) is 9. The number of fused-ring (bicyclic) bond motifs is 2. The summed E-state index contributed by atoms with van der Waals surface area (Å²) in [5, 5.41) is 11.4. The average Bonchev–Trinajstić information content (AvgIpc) is 3.28. The Labute approximate surface area is 236 Å². The molecule has 0 unspecified atom stereocenters. The van der Waals surface area contributed by atoms with E-state index in [0.717, 1.165) is 0 Å². The smallest absolute Gasteiger partial charge is 0.415 e. The maximum absolute atomic E-state index is 13.4. The molecule has 3 aromatic rings. The molecule has 3 heterocycles. The third kappa shape index (κ3) is 6.06. The molecule has 1 fully saturated rings. The van der Waals surface area contributed by atoms with Gasteiger partial charge in [0.05, 0.1) is 25.3 Å². The number of piperazine rings is 1. The molecule has 2 aliphatic heterocycles. The fourth-order valence-corrected chi connectivity index (χ4v) is 6.95. The summed E-state index contributed by atoms with van der Waals surface area (Å²) in [7, 11) is -3.26. The van der Waals surface area contributed by atoms with Gasteiger partial charge in [-0.2, -0.15) is 0 Å². The third-order valence-corrected chi connectivity index (χ3v) is 9.12. The van der Waals surface area contributed by atoms with Crippen molar-refractivity contribution in [2.45, 2.75) is 26.9 Å². The standard InChI is InChI=1S/C28H32FN4O7P/c1-3-38-41(37,39-4-2)18-31-12-14-32(15-13-31)28(36)40-26-21-6-5-11-30-24(21)25(34)23-22(26)17-33(27(23)35)16-19-7-9-20(29)10-8-19/h5-11,34H,3-4,12-18H2,1-2H3. The summed E-state index contributed by atoms with van der Waals surface area (Å²) in [6.45, 7) is 5.86. The first-order valence-corrected chi connectivity index (χ1v) is 15.2. The van der Waals surface area contributed by atoms with Crippen molar-refractivity contribution in [1.82, 2.24) is 19.7 Å². The number of aromatic nitrogens is 1. The molecule has 1 saturated heterocycles. The average molecular weight is 587 g/mol. The zero-order valence-electron chi connectivity index (χ0n) is 22.9. The van der Waals surface area contributed by atoms with E-state index in [-0.39, 0.29) is 61.0 Å². The van der Waals surface area contributed by atoms with E-state index < -0.39 is 19.6 Å². The molecule has 41 heavy (non-hydrogen) atoms. The molecule has 0 bridgehead atoms. The normalized spacial score (nSPS) is 15.9. The van der Waals surface area contributed by atoms with Crippen molar-refractivity contribution in [3.8, 4) is 11.5 Å². The minimum Gasteiger partial charge on any atom is -0.505 e. The van der Waals surface area contributed by atoms with Crippen LogP contribution in [0.5, 0.6) is 11.5 Å². The van der Waals surface area contributed by atoms with E-state index in [9.17, 15) is 23.7 Å². The van der Waals surface area contributed by atoms with Gasteiger partial charge < -0.3 is 28.7 Å². The van der Waals surface area contributed by atoms with Crippen LogP contribution in [0.15, 0.2) is 42.6 Å². The Kier molecular flexibility index (Phi) is 8.55. The van der Waals surface area contributed by atoms with Gasteiger partial charge in [-0.25, -0.2) is 9.18 Å². The predicted octanol–water partition coefficient (Wildman–Crippen LogP) is 4.58. The van der Waals surface area contributed by atoms with E-state index in [4.69, 9.17) is 13.8 Å². The van der Waals surface area contributed by atoms with Crippen molar-refractivity contribution in [1.29, 1.82) is 0 Å². The molecule has 0 saturated carbocycles. The van der Waals surface area contributed by atoms with Gasteiger partial charge in [0.2, 0.25) is 0 Å². The number of halogens is 1. The van der Waals surface area contributed by atoms with Gasteiger partial charge >= 0.3 is 13.7 Å². The second kappa shape index (κ2) is 12.1. The number of phenols is 1. The Morgan fingerprint density at radius 1 is 1.07 bits per heavy atom. The van der Waals surface area contributed by atoms with Gasteiger partial charge in [-0.15, -0.1) is 0 Å². The van der Waals surface area contributed by atoms with Crippen LogP contribution in [0.25, 0.3) is 10.9 Å². The molecule has 5 rings (SSSR count). The molecule has 218 valence electrons. The number of phenolic OH excluding ortho intramolecular Hbond substituents is 1. The highest BCUT2D eigenvalue weighted by Gasteiger charge is 2.37. The van der Waals surface area contributed by atoms with E-state index in [0.29, 0.717) is 42.7 Å². The number of nitrogens with zero attached hydrogens (tertiary/aromatic N) is 4. The van der Waals surface area contributed by atoms with Crippen molar-refractivity contribution in [3.63, 3.8) is 0 Å². The lowest BCUT2D eigenvalue weighted by Crippen LogP contribution is -2.49. The van der Waals surface area contributed by atoms with Crippen LogP contribution in [0, 0.1) is 5.82 Å². The topological polar surface area (TPSA) is 122 Å². The van der Waals surface area contributed by atoms with E-state index in [1.165, 1.54) is 28.1 Å². The van der Waals surface area contributed by atoms with Gasteiger partial charge in [0, 0.05) is 49.9 Å². The molecule has 13 heteroatoms. The Hall–Kier alpha value is -3.57. The molecule has 0 aliphatic carbocycles. The Balaban J connectivity index is 1.35. The van der Waals surface area contributed by atoms with Gasteiger partial charge in [0.25, 0.3) is 5.91 Å². The van der Waals surface area contributed by atoms with E-state index >= 15 is 0 Å². The first-order chi connectivity index (χ1) is 19.7. The summed E-state index contributed by atoms with van der Waals surface area (Å²) in [6, 6.07) is 9.15. The fourth-order valence-electron chi connectivity index (χ4n) is 5.15. The molecule has 0 atom stereocenters. The van der Waals surface area contributed by atoms with Crippen LogP contribution in [0.4, 0.5) is 9.18 Å². The minimum absolute atomic E-state index is 0.0357. The van der Waals surface area contributed by atoms with Crippen molar-refractivity contribution in [2.75, 3.05) is 45.7 Å². The highest BCUT2D eigenvalue weighted by molar-refractivity contribution is 7.53. The molecule has 2 aliphatic rings. The molecule has 11 nitrogen and oxygen atoms in total. The first kappa shape index (κ1) is 28.9. The lowest BCUT2D eigenvalue weighted by atomic mass is 10.0. The molecule has 2 aromatic carbocycles. The summed E-state index contributed by atoms with van der Waals surface area (Å²) in [4.78, 5) is 35.9. The maximum Gasteiger partial charge on any atom is 0.415 e. The van der Waals surface area contributed by atoms with Crippen LogP contribution in [0.3, 0.4) is 0 Å². The number of amides is 2. The number of carbonyl (C=O) groups is 2. The Morgan fingerprint density at radius 2 is 1.76 bits per heavy atom. The van der Waals surface area contributed by atoms with Crippen molar-refractivity contribution in [3.05, 3.63) is 65.1 Å². The highest BCUT2D eigenvalue weighted by atomic mass is 31.2. The summed E-state index contributed by atoms with van der Waals surface area (Å²) in [6.07, 6.45) is 1.01. The van der Waals surface area contributed by atoms with Crippen LogP contribution in [-0.4, -0.2) is 82.5 Å². The highest BCUT2D eigenvalue weighted by Crippen LogP contribution is 2.48. The monoisotopic (exact) mass is 586 g/mol. The van der Waals surface area contributed by atoms with Gasteiger partial charge in [0.15, 0.2) is 5.75 Å². The van der Waals surface area contributed by atoms with Gasteiger partial charge in [0.1, 0.15) is 23.4 Å². The number of benzene rings is 2. The van der Waals surface area contributed by atoms with Crippen molar-refractivity contribution in [2.24, 2.45) is 0 Å². The molecule has 1 aromatic heterocycles. The van der Waals surface area contributed by atoms with E-state index in [1.54, 1.807) is 38.1 Å². The molecule has 2 amide bonds. The number of aromatic hydroxyl groups is 1. The number of carbonyl (C=O) groups excluding carboxylic acids is 2. The second-order valence-electron chi connectivity index (χ2n) is 9.78. The van der Waals surface area contributed by atoms with Gasteiger partial charge in [-0.3, -0.25) is 19.2 Å². The quantitative estimate of drug-likeness (QED) is 0.359. The van der Waals surface area contributed by atoms with Gasteiger partial charge in [-0.1, -0.05) is 12.1 Å². The van der Waals surface area contributed by atoms with Crippen LogP contribution in [-0.2, 0) is 26.7 Å². The number of hydrogen-bond donors (Lipinski definition) is 1. The maximum atomic E-state index is 13.4. The zero-order valence-corrected chi connectivity index (χ0v) is 23.8. The number of ether oxygens (including phenoxy) is 1. The SMILES string of the molecule is CCOP(=O)(CN1CCN(C(=O)Oc2c3c(c(O)c4ncccc24)C(=O)N(Cc2ccc(F)cc2)C3)CC1)OCC. The Morgan fingerprint density at radius 3 is 2.41 bits per heavy atom. The first-order valence-electron chi connectivity index (χ1n) is 13.5. The third-order valence-electron chi connectivity index (χ3n) is 7.07. The van der Waals surface area contributed by atoms with E-state index in [1.807, 2.05) is 4.90 Å². The number of pyridine rings is 1. The summed E-state index contributed by atoms with van der Waals surface area (Å²) >= 11 is 0. The largest absolute Gasteiger partial charge is 0.505 e. The van der Waals surface area contributed by atoms with Crippen LogP contribution in [0.1, 0.15) is 35.3 Å². The van der Waals surface area contributed by atoms with E-state index in [2.05, 4.69) is 4.98 Å². The molecule has 0 radical (unpaired) electrons. The molecule has 0 spiro atoms. The van der Waals surface area contributed by atoms with Crippen LogP contribution < -0.4 is 4.74 Å². The minimum atomic E-state index is -3.26. The van der Waals surface area contributed by atoms with Crippen molar-refractivity contribution < 1.29 is 37.4 Å². The molecular weight excluding hydrogens is 554 g/mol. The Bertz CT molecular complexity index is 1490. The van der Waals surface area contributed by atoms with Gasteiger partial charge in [-0.05, 0) is 43.7 Å².